The van der Waals surface area contributed by atoms with Gasteiger partial charge in [-0.2, -0.15) is 0 Å². The summed E-state index contributed by atoms with van der Waals surface area (Å²) in [7, 11) is 0. The van der Waals surface area contributed by atoms with Gasteiger partial charge < -0.3 is 9.84 Å². The van der Waals surface area contributed by atoms with Gasteiger partial charge in [0.1, 0.15) is 12.4 Å². The summed E-state index contributed by atoms with van der Waals surface area (Å²) in [4.78, 5) is 25.6. The molecule has 128 valence electrons. The summed E-state index contributed by atoms with van der Waals surface area (Å²) < 4.78 is 18.6. The first-order valence-electron chi connectivity index (χ1n) is 7.43. The molecule has 0 atom stereocenters. The van der Waals surface area contributed by atoms with Crippen molar-refractivity contribution in [3.63, 3.8) is 0 Å². The molecule has 1 aromatic heterocycles. The number of aromatic nitrogens is 1. The van der Waals surface area contributed by atoms with Crippen molar-refractivity contribution < 1.29 is 19.0 Å². The zero-order chi connectivity index (χ0) is 17.8. The minimum atomic E-state index is -0.718. The highest BCUT2D eigenvalue weighted by Gasteiger charge is 2.12. The van der Waals surface area contributed by atoms with Gasteiger partial charge in [-0.05, 0) is 23.3 Å². The number of carbonyl (C=O) groups excluding carboxylic acids is 1. The Morgan fingerprint density at radius 1 is 1.12 bits per heavy atom. The first kappa shape index (κ1) is 16.9. The molecule has 25 heavy (non-hydrogen) atoms. The Balaban J connectivity index is 1.61. The summed E-state index contributed by atoms with van der Waals surface area (Å²) in [6.07, 6.45) is 0.421. The number of aromatic amines is 1. The fourth-order valence-electron chi connectivity index (χ4n) is 2.26. The van der Waals surface area contributed by atoms with Gasteiger partial charge in [0.05, 0.1) is 10.4 Å². The van der Waals surface area contributed by atoms with E-state index in [9.17, 15) is 19.1 Å². The predicted octanol–water partition coefficient (Wildman–Crippen LogP) is 3.23. The third-order valence-corrected chi connectivity index (χ3v) is 4.42. The number of H-pyrrole nitrogens is 1. The number of rotatable bonds is 5. The number of nitrogens with one attached hydrogen (secondary N) is 1. The molecule has 0 unspecified atom stereocenters. The smallest absolute Gasteiger partial charge is 0.341 e. The van der Waals surface area contributed by atoms with Gasteiger partial charge in [-0.3, -0.25) is 9.78 Å². The van der Waals surface area contributed by atoms with E-state index in [1.807, 2.05) is 12.1 Å². The maximum absolute atomic E-state index is 13.5. The Kier molecular flexibility index (Phi) is 4.95. The lowest BCUT2D eigenvalue weighted by Crippen LogP contribution is -2.07. The molecule has 2 N–H and O–H groups in total. The van der Waals surface area contributed by atoms with Gasteiger partial charge in [0.15, 0.2) is 0 Å². The van der Waals surface area contributed by atoms with Crippen LogP contribution < -0.4 is 4.87 Å². The van der Waals surface area contributed by atoms with Crippen LogP contribution in [0.2, 0.25) is 0 Å². The Bertz CT molecular complexity index is 946. The lowest BCUT2D eigenvalue weighted by atomic mass is 10.1. The van der Waals surface area contributed by atoms with E-state index >= 15 is 0 Å². The minimum absolute atomic E-state index is 0.0240. The highest BCUT2D eigenvalue weighted by atomic mass is 32.1. The maximum atomic E-state index is 13.5. The molecule has 3 rings (SSSR count). The molecule has 0 saturated carbocycles. The zero-order valence-corrected chi connectivity index (χ0v) is 13.8. The molecule has 0 radical (unpaired) electrons. The Morgan fingerprint density at radius 2 is 1.80 bits per heavy atom. The van der Waals surface area contributed by atoms with Gasteiger partial charge in [-0.15, -0.1) is 0 Å². The van der Waals surface area contributed by atoms with Gasteiger partial charge in [0, 0.05) is 6.42 Å². The van der Waals surface area contributed by atoms with E-state index in [0.717, 1.165) is 22.5 Å². The number of benzene rings is 2. The van der Waals surface area contributed by atoms with Crippen molar-refractivity contribution in [1.82, 2.24) is 4.98 Å². The second kappa shape index (κ2) is 7.31. The lowest BCUT2D eigenvalue weighted by molar-refractivity contribution is 0.0467. The zero-order valence-electron chi connectivity index (χ0n) is 13.0. The highest BCUT2D eigenvalue weighted by Crippen LogP contribution is 2.20. The van der Waals surface area contributed by atoms with Crippen LogP contribution >= 0.6 is 11.3 Å². The van der Waals surface area contributed by atoms with Gasteiger partial charge in [0.25, 0.3) is 0 Å². The Morgan fingerprint density at radius 3 is 2.44 bits per heavy atom. The van der Waals surface area contributed by atoms with Crippen LogP contribution in [-0.2, 0) is 17.8 Å². The van der Waals surface area contributed by atoms with Crippen LogP contribution in [0.4, 0.5) is 4.39 Å². The molecule has 0 aliphatic heterocycles. The molecular formula is C18H14FNO4S. The van der Waals surface area contributed by atoms with Crippen molar-refractivity contribution in [3.8, 4) is 5.88 Å². The van der Waals surface area contributed by atoms with Gasteiger partial charge in [0.2, 0.25) is 5.88 Å². The summed E-state index contributed by atoms with van der Waals surface area (Å²) in [5.41, 5.74) is 1.55. The van der Waals surface area contributed by atoms with Crippen molar-refractivity contribution >= 4 is 17.3 Å². The molecular weight excluding hydrogens is 345 g/mol. The van der Waals surface area contributed by atoms with E-state index in [2.05, 4.69) is 4.98 Å². The first-order chi connectivity index (χ1) is 12.0. The minimum Gasteiger partial charge on any atom is -0.494 e. The van der Waals surface area contributed by atoms with Crippen molar-refractivity contribution in [2.24, 2.45) is 0 Å². The standard InChI is InChI=1S/C18H14FNO4S/c19-14-4-2-1-3-13(14)17(22)24-10-12-7-5-11(6-8-12)9-15-16(21)20-18(23)25-15/h1-8,21H,9-10H2,(H,20,23). The SMILES string of the molecule is O=C(OCc1ccc(Cc2sc(=O)[nH]c2O)cc1)c1ccccc1F. The van der Waals surface area contributed by atoms with E-state index in [-0.39, 0.29) is 22.9 Å². The number of halogens is 1. The van der Waals surface area contributed by atoms with E-state index < -0.39 is 11.8 Å². The van der Waals surface area contributed by atoms with Crippen LogP contribution in [0.1, 0.15) is 26.4 Å². The lowest BCUT2D eigenvalue weighted by Gasteiger charge is -2.07. The largest absolute Gasteiger partial charge is 0.494 e. The third-order valence-electron chi connectivity index (χ3n) is 3.55. The molecule has 0 fully saturated rings. The van der Waals surface area contributed by atoms with Crippen LogP contribution in [0.25, 0.3) is 0 Å². The summed E-state index contributed by atoms with van der Waals surface area (Å²) in [5.74, 6) is -1.45. The summed E-state index contributed by atoms with van der Waals surface area (Å²) in [6, 6.07) is 12.8. The van der Waals surface area contributed by atoms with Crippen LogP contribution in [0.3, 0.4) is 0 Å². The summed E-state index contributed by atoms with van der Waals surface area (Å²) in [5, 5.41) is 9.59. The molecule has 7 heteroatoms. The number of hydrogen-bond donors (Lipinski definition) is 2. The van der Waals surface area contributed by atoms with Crippen molar-refractivity contribution in [3.05, 3.63) is 85.6 Å². The monoisotopic (exact) mass is 359 g/mol. The molecule has 0 bridgehead atoms. The van der Waals surface area contributed by atoms with Crippen molar-refractivity contribution in [2.45, 2.75) is 13.0 Å². The number of hydrogen-bond acceptors (Lipinski definition) is 5. The number of carbonyl (C=O) groups is 1. The molecule has 1 heterocycles. The number of aromatic hydroxyl groups is 1. The molecule has 0 saturated heterocycles. The van der Waals surface area contributed by atoms with E-state index in [1.54, 1.807) is 18.2 Å². The Hall–Kier alpha value is -2.93. The molecule has 3 aromatic rings. The second-order valence-electron chi connectivity index (χ2n) is 5.34. The predicted molar refractivity (Wildman–Crippen MR) is 91.4 cm³/mol. The fraction of sp³-hybridized carbons (Fsp3) is 0.111. The van der Waals surface area contributed by atoms with Gasteiger partial charge >= 0.3 is 10.8 Å². The average molecular weight is 359 g/mol. The fourth-order valence-corrected chi connectivity index (χ4v) is 3.02. The first-order valence-corrected chi connectivity index (χ1v) is 8.25. The van der Waals surface area contributed by atoms with Crippen molar-refractivity contribution in [1.29, 1.82) is 0 Å². The van der Waals surface area contributed by atoms with Crippen LogP contribution in [0.5, 0.6) is 5.88 Å². The number of thiazole rings is 1. The van der Waals surface area contributed by atoms with Crippen LogP contribution in [-0.4, -0.2) is 16.1 Å². The molecule has 2 aromatic carbocycles. The summed E-state index contributed by atoms with van der Waals surface area (Å²) in [6.45, 7) is 0.0240. The number of ether oxygens (including phenoxy) is 1. The molecule has 0 aliphatic rings. The quantitative estimate of drug-likeness (QED) is 0.686. The van der Waals surface area contributed by atoms with Gasteiger partial charge in [-0.25, -0.2) is 9.18 Å². The Labute approximate surface area is 146 Å². The van der Waals surface area contributed by atoms with E-state index in [0.29, 0.717) is 11.3 Å². The van der Waals surface area contributed by atoms with E-state index in [4.69, 9.17) is 4.74 Å². The topological polar surface area (TPSA) is 79.4 Å². The number of esters is 1. The average Bonchev–Trinajstić information content (AvgIpc) is 2.91. The maximum Gasteiger partial charge on any atom is 0.341 e. The van der Waals surface area contributed by atoms with Gasteiger partial charge in [-0.1, -0.05) is 47.7 Å². The van der Waals surface area contributed by atoms with Crippen LogP contribution in [0, 0.1) is 5.82 Å². The van der Waals surface area contributed by atoms with Crippen LogP contribution in [0.15, 0.2) is 53.3 Å². The molecule has 5 nitrogen and oxygen atoms in total. The van der Waals surface area contributed by atoms with Crippen molar-refractivity contribution in [2.75, 3.05) is 0 Å². The summed E-state index contributed by atoms with van der Waals surface area (Å²) >= 11 is 0.961. The second-order valence-corrected chi connectivity index (χ2v) is 6.40. The molecule has 0 amide bonds. The normalized spacial score (nSPS) is 10.6. The highest BCUT2D eigenvalue weighted by molar-refractivity contribution is 7.09. The third kappa shape index (κ3) is 4.13. The molecule has 0 aliphatic carbocycles. The van der Waals surface area contributed by atoms with E-state index in [1.165, 1.54) is 18.2 Å². The molecule has 0 spiro atoms.